The number of amides is 1. The van der Waals surface area contributed by atoms with Gasteiger partial charge >= 0.3 is 0 Å². The van der Waals surface area contributed by atoms with Gasteiger partial charge in [0, 0.05) is 26.7 Å². The first kappa shape index (κ1) is 11.4. The number of carbonyl (C=O) groups excluding carboxylic acids is 1. The van der Waals surface area contributed by atoms with Crippen molar-refractivity contribution in [3.8, 4) is 0 Å². The monoisotopic (exact) mass is 202 g/mol. The molecule has 1 unspecified atom stereocenters. The third-order valence-corrected chi connectivity index (χ3v) is 2.50. The fraction of sp³-hybridized carbons (Fsp3) is 0.889. The average molecular weight is 202 g/mol. The van der Waals surface area contributed by atoms with Gasteiger partial charge in [0.1, 0.15) is 5.60 Å². The van der Waals surface area contributed by atoms with Crippen molar-refractivity contribution < 1.29 is 14.3 Å². The Kier molecular flexibility index (Phi) is 3.86. The summed E-state index contributed by atoms with van der Waals surface area (Å²) in [6, 6.07) is -0.480. The lowest BCUT2D eigenvalue weighted by molar-refractivity contribution is -0.123. The fourth-order valence-electron chi connectivity index (χ4n) is 1.37. The van der Waals surface area contributed by atoms with Crippen LogP contribution in [-0.2, 0) is 14.3 Å². The summed E-state index contributed by atoms with van der Waals surface area (Å²) in [5.41, 5.74) is 5.06. The maximum absolute atomic E-state index is 11.2. The minimum atomic E-state index is -0.480. The van der Waals surface area contributed by atoms with Crippen molar-refractivity contribution in [2.75, 3.05) is 26.9 Å². The number of nitrogens with two attached hydrogens (primary N) is 1. The molecule has 1 aliphatic rings. The van der Waals surface area contributed by atoms with Gasteiger partial charge in [0.15, 0.2) is 0 Å². The Balaban J connectivity index is 2.38. The molecule has 1 aliphatic heterocycles. The highest BCUT2D eigenvalue weighted by molar-refractivity contribution is 5.81. The largest absolute Gasteiger partial charge is 0.378 e. The van der Waals surface area contributed by atoms with Crippen LogP contribution in [0.2, 0.25) is 0 Å². The van der Waals surface area contributed by atoms with E-state index >= 15 is 0 Å². The molecule has 0 saturated carbocycles. The van der Waals surface area contributed by atoms with E-state index in [1.54, 1.807) is 14.0 Å². The molecule has 5 nitrogen and oxygen atoms in total. The van der Waals surface area contributed by atoms with Gasteiger partial charge < -0.3 is 20.5 Å². The molecule has 0 aromatic carbocycles. The van der Waals surface area contributed by atoms with Gasteiger partial charge in [-0.2, -0.15) is 0 Å². The van der Waals surface area contributed by atoms with Gasteiger partial charge in [0.25, 0.3) is 0 Å². The first-order chi connectivity index (χ1) is 6.59. The number of rotatable bonds is 4. The normalized spacial score (nSPS) is 28.8. The second kappa shape index (κ2) is 4.72. The first-order valence-electron chi connectivity index (χ1n) is 4.76. The quantitative estimate of drug-likeness (QED) is 0.629. The second-order valence-corrected chi connectivity index (χ2v) is 3.70. The van der Waals surface area contributed by atoms with E-state index in [1.165, 1.54) is 0 Å². The number of methoxy groups -OCH3 is 1. The van der Waals surface area contributed by atoms with E-state index in [4.69, 9.17) is 15.2 Å². The Labute approximate surface area is 83.9 Å². The van der Waals surface area contributed by atoms with Crippen molar-refractivity contribution in [2.24, 2.45) is 5.73 Å². The lowest BCUT2D eigenvalue weighted by Gasteiger charge is -2.26. The summed E-state index contributed by atoms with van der Waals surface area (Å²) >= 11 is 0. The number of hydrogen-bond acceptors (Lipinski definition) is 4. The summed E-state index contributed by atoms with van der Waals surface area (Å²) in [6.07, 6.45) is 0.808. The van der Waals surface area contributed by atoms with Crippen LogP contribution >= 0.6 is 0 Å². The predicted molar refractivity (Wildman–Crippen MR) is 51.8 cm³/mol. The molecule has 3 N–H and O–H groups in total. The molecule has 2 atom stereocenters. The minimum absolute atomic E-state index is 0.159. The molecule has 0 aliphatic carbocycles. The molecule has 82 valence electrons. The second-order valence-electron chi connectivity index (χ2n) is 3.70. The molecular formula is C9H18N2O3. The standard InChI is InChI=1S/C9H18N2O3/c1-7(10)8(12)11-5-9(13-2)3-4-14-6-9/h7H,3-6,10H2,1-2H3,(H,11,12)/t7-,9?/m1/s1. The molecule has 0 aromatic heterocycles. The Morgan fingerprint density at radius 2 is 2.50 bits per heavy atom. The van der Waals surface area contributed by atoms with Gasteiger partial charge in [-0.05, 0) is 6.92 Å². The predicted octanol–water partition coefficient (Wildman–Crippen LogP) is -0.745. The zero-order chi connectivity index (χ0) is 10.6. The highest BCUT2D eigenvalue weighted by Crippen LogP contribution is 2.21. The van der Waals surface area contributed by atoms with E-state index in [-0.39, 0.29) is 11.5 Å². The number of hydrogen-bond donors (Lipinski definition) is 2. The summed E-state index contributed by atoms with van der Waals surface area (Å²) < 4.78 is 10.6. The van der Waals surface area contributed by atoms with Crippen LogP contribution in [0.25, 0.3) is 0 Å². The number of nitrogens with one attached hydrogen (secondary N) is 1. The smallest absolute Gasteiger partial charge is 0.236 e. The fourth-order valence-corrected chi connectivity index (χ4v) is 1.37. The van der Waals surface area contributed by atoms with Crippen molar-refractivity contribution in [1.82, 2.24) is 5.32 Å². The van der Waals surface area contributed by atoms with E-state index in [0.717, 1.165) is 6.42 Å². The van der Waals surface area contributed by atoms with Gasteiger partial charge in [0.2, 0.25) is 5.91 Å². The van der Waals surface area contributed by atoms with E-state index < -0.39 is 6.04 Å². The summed E-state index contributed by atoms with van der Waals surface area (Å²) in [5.74, 6) is -0.159. The maximum atomic E-state index is 11.2. The van der Waals surface area contributed by atoms with E-state index in [0.29, 0.717) is 19.8 Å². The van der Waals surface area contributed by atoms with Gasteiger partial charge in [-0.25, -0.2) is 0 Å². The van der Waals surface area contributed by atoms with Crippen molar-refractivity contribution >= 4 is 5.91 Å². The van der Waals surface area contributed by atoms with Crippen LogP contribution in [0.3, 0.4) is 0 Å². The number of carbonyl (C=O) groups is 1. The Bertz CT molecular complexity index is 200. The molecule has 1 rings (SSSR count). The summed E-state index contributed by atoms with van der Waals surface area (Å²) in [4.78, 5) is 11.2. The van der Waals surface area contributed by atoms with Crippen LogP contribution in [0.5, 0.6) is 0 Å². The maximum Gasteiger partial charge on any atom is 0.236 e. The molecule has 0 aromatic rings. The Hall–Kier alpha value is -0.650. The summed E-state index contributed by atoms with van der Waals surface area (Å²) in [7, 11) is 1.63. The zero-order valence-corrected chi connectivity index (χ0v) is 8.71. The first-order valence-corrected chi connectivity index (χ1v) is 4.76. The SMILES string of the molecule is COC1(CNC(=O)[C@@H](C)N)CCOC1. The van der Waals surface area contributed by atoms with E-state index in [1.807, 2.05) is 0 Å². The minimum Gasteiger partial charge on any atom is -0.378 e. The molecule has 0 spiro atoms. The van der Waals surface area contributed by atoms with Gasteiger partial charge in [0.05, 0.1) is 12.6 Å². The molecule has 0 bridgehead atoms. The van der Waals surface area contributed by atoms with Gasteiger partial charge in [-0.3, -0.25) is 4.79 Å². The third-order valence-electron chi connectivity index (χ3n) is 2.50. The van der Waals surface area contributed by atoms with Gasteiger partial charge in [-0.1, -0.05) is 0 Å². The lowest BCUT2D eigenvalue weighted by Crippen LogP contribution is -2.48. The molecular weight excluding hydrogens is 184 g/mol. The van der Waals surface area contributed by atoms with Crippen molar-refractivity contribution in [3.05, 3.63) is 0 Å². The van der Waals surface area contributed by atoms with Crippen LogP contribution in [0, 0.1) is 0 Å². The third kappa shape index (κ3) is 2.67. The van der Waals surface area contributed by atoms with Crippen LogP contribution in [-0.4, -0.2) is 44.4 Å². The molecule has 1 saturated heterocycles. The highest BCUT2D eigenvalue weighted by atomic mass is 16.5. The zero-order valence-electron chi connectivity index (χ0n) is 8.71. The van der Waals surface area contributed by atoms with Crippen LogP contribution in [0.1, 0.15) is 13.3 Å². The molecule has 1 amide bonds. The van der Waals surface area contributed by atoms with Crippen molar-refractivity contribution in [1.29, 1.82) is 0 Å². The van der Waals surface area contributed by atoms with Gasteiger partial charge in [-0.15, -0.1) is 0 Å². The van der Waals surface area contributed by atoms with E-state index in [9.17, 15) is 4.79 Å². The van der Waals surface area contributed by atoms with Crippen LogP contribution in [0.4, 0.5) is 0 Å². The highest BCUT2D eigenvalue weighted by Gasteiger charge is 2.35. The molecule has 1 heterocycles. The lowest BCUT2D eigenvalue weighted by atomic mass is 10.0. The van der Waals surface area contributed by atoms with Crippen LogP contribution < -0.4 is 11.1 Å². The van der Waals surface area contributed by atoms with Crippen molar-refractivity contribution in [2.45, 2.75) is 25.0 Å². The molecule has 1 fully saturated rings. The summed E-state index contributed by atoms with van der Waals surface area (Å²) in [5, 5.41) is 2.75. The number of ether oxygens (including phenoxy) is 2. The average Bonchev–Trinajstić information content (AvgIpc) is 2.63. The molecule has 0 radical (unpaired) electrons. The van der Waals surface area contributed by atoms with E-state index in [2.05, 4.69) is 5.32 Å². The molecule has 14 heavy (non-hydrogen) atoms. The molecule has 5 heteroatoms. The summed E-state index contributed by atoms with van der Waals surface area (Å²) in [6.45, 7) is 3.33. The topological polar surface area (TPSA) is 73.6 Å². The Morgan fingerprint density at radius 1 is 1.79 bits per heavy atom. The Morgan fingerprint density at radius 3 is 2.93 bits per heavy atom. The van der Waals surface area contributed by atoms with Crippen molar-refractivity contribution in [3.63, 3.8) is 0 Å². The van der Waals surface area contributed by atoms with Crippen LogP contribution in [0.15, 0.2) is 0 Å².